The fourth-order valence-electron chi connectivity index (χ4n) is 1.42. The van der Waals surface area contributed by atoms with Crippen molar-refractivity contribution >= 4 is 40.1 Å². The summed E-state index contributed by atoms with van der Waals surface area (Å²) in [6.07, 6.45) is 4.21. The van der Waals surface area contributed by atoms with Gasteiger partial charge in [0.1, 0.15) is 5.76 Å². The van der Waals surface area contributed by atoms with Crippen molar-refractivity contribution in [3.05, 3.63) is 24.0 Å². The fraction of sp³-hybridized carbons (Fsp3) is 0.385. The number of aryl methyl sites for hydroxylation is 1. The van der Waals surface area contributed by atoms with Crippen LogP contribution in [0.1, 0.15) is 25.5 Å². The lowest BCUT2D eigenvalue weighted by Crippen LogP contribution is -2.19. The predicted molar refractivity (Wildman–Crippen MR) is 82.8 cm³/mol. The summed E-state index contributed by atoms with van der Waals surface area (Å²) in [5, 5.41) is 3.03. The molecule has 118 valence electrons. The van der Waals surface area contributed by atoms with Crippen molar-refractivity contribution < 1.29 is 18.7 Å². The maximum Gasteiger partial charge on any atom is 0.303 e. The number of aromatic nitrogens is 2. The third-order valence-corrected chi connectivity index (χ3v) is 4.52. The molecule has 0 aliphatic heterocycles. The van der Waals surface area contributed by atoms with E-state index in [-0.39, 0.29) is 6.61 Å². The van der Waals surface area contributed by atoms with Crippen molar-refractivity contribution in [2.24, 2.45) is 0 Å². The number of hydrogen-bond acceptors (Lipinski definition) is 8. The molecule has 0 atom stereocenters. The number of rotatable bonds is 7. The van der Waals surface area contributed by atoms with E-state index in [0.717, 1.165) is 16.4 Å². The summed E-state index contributed by atoms with van der Waals surface area (Å²) in [4.78, 5) is 30.4. The van der Waals surface area contributed by atoms with Gasteiger partial charge >= 0.3 is 5.97 Å². The van der Waals surface area contributed by atoms with Crippen LogP contribution in [0.5, 0.6) is 0 Å². The lowest BCUT2D eigenvalue weighted by molar-refractivity contribution is -0.144. The summed E-state index contributed by atoms with van der Waals surface area (Å²) in [5.74, 6) is 1.21. The minimum atomic E-state index is -0.497. The van der Waals surface area contributed by atoms with Crippen LogP contribution in [-0.4, -0.2) is 28.5 Å². The Kier molecular flexibility index (Phi) is 5.96. The first-order valence-corrected chi connectivity index (χ1v) is 8.32. The second-order valence-electron chi connectivity index (χ2n) is 4.18. The molecule has 0 radical (unpaired) electrons. The van der Waals surface area contributed by atoms with Crippen molar-refractivity contribution in [1.82, 2.24) is 9.97 Å². The van der Waals surface area contributed by atoms with E-state index < -0.39 is 11.9 Å². The van der Waals surface area contributed by atoms with Gasteiger partial charge in [0.2, 0.25) is 5.89 Å². The molecule has 0 unspecified atom stereocenters. The van der Waals surface area contributed by atoms with Gasteiger partial charge in [0.15, 0.2) is 11.7 Å². The summed E-state index contributed by atoms with van der Waals surface area (Å²) in [6.45, 7) is 2.94. The van der Waals surface area contributed by atoms with Crippen LogP contribution < -0.4 is 5.32 Å². The van der Waals surface area contributed by atoms with Gasteiger partial charge in [-0.3, -0.25) is 14.9 Å². The average Bonchev–Trinajstić information content (AvgIpc) is 3.11. The van der Waals surface area contributed by atoms with Crippen LogP contribution >= 0.6 is 23.1 Å². The zero-order valence-corrected chi connectivity index (χ0v) is 13.8. The van der Waals surface area contributed by atoms with Crippen LogP contribution in [0, 0.1) is 0 Å². The Balaban J connectivity index is 1.80. The average molecular weight is 341 g/mol. The lowest BCUT2D eigenvalue weighted by Gasteiger charge is -2.01. The molecule has 0 aromatic carbocycles. The highest BCUT2D eigenvalue weighted by Crippen LogP contribution is 2.30. The molecule has 22 heavy (non-hydrogen) atoms. The van der Waals surface area contributed by atoms with Crippen molar-refractivity contribution in [3.63, 3.8) is 0 Å². The number of thioether (sulfide) groups is 1. The Hall–Kier alpha value is -1.87. The topological polar surface area (TPSA) is 94.3 Å². The van der Waals surface area contributed by atoms with E-state index in [0.29, 0.717) is 16.8 Å². The first kappa shape index (κ1) is 16.5. The molecule has 0 aliphatic carbocycles. The highest BCUT2D eigenvalue weighted by Gasteiger charge is 2.10. The van der Waals surface area contributed by atoms with Crippen LogP contribution in [0.2, 0.25) is 0 Å². The molecule has 2 heterocycles. The number of nitrogens with zero attached hydrogens (tertiary/aromatic N) is 2. The van der Waals surface area contributed by atoms with Gasteiger partial charge in [-0.25, -0.2) is 9.97 Å². The zero-order chi connectivity index (χ0) is 15.9. The molecular weight excluding hydrogens is 326 g/mol. The van der Waals surface area contributed by atoms with Crippen LogP contribution in [0.4, 0.5) is 5.13 Å². The molecule has 1 N–H and O–H groups in total. The summed E-state index contributed by atoms with van der Waals surface area (Å²) in [5.41, 5.74) is 0. The molecule has 1 amide bonds. The maximum absolute atomic E-state index is 11.5. The zero-order valence-electron chi connectivity index (χ0n) is 12.1. The normalized spacial score (nSPS) is 10.5. The molecule has 0 saturated heterocycles. The Morgan fingerprint density at radius 3 is 2.91 bits per heavy atom. The molecule has 9 heteroatoms. The summed E-state index contributed by atoms with van der Waals surface area (Å²) >= 11 is 2.86. The van der Waals surface area contributed by atoms with Gasteiger partial charge in [0.25, 0.3) is 5.91 Å². The van der Waals surface area contributed by atoms with Crippen LogP contribution in [0.3, 0.4) is 0 Å². The number of carbonyl (C=O) groups is 2. The van der Waals surface area contributed by atoms with Gasteiger partial charge in [-0.1, -0.05) is 18.3 Å². The third-order valence-electron chi connectivity index (χ3n) is 2.43. The molecule has 2 rings (SSSR count). The summed E-state index contributed by atoms with van der Waals surface area (Å²) < 4.78 is 11.0. The number of amides is 1. The van der Waals surface area contributed by atoms with E-state index in [1.165, 1.54) is 30.0 Å². The fourth-order valence-corrected chi connectivity index (χ4v) is 3.16. The van der Waals surface area contributed by atoms with Crippen LogP contribution in [-0.2, 0) is 26.5 Å². The van der Waals surface area contributed by atoms with Gasteiger partial charge < -0.3 is 9.15 Å². The first-order chi connectivity index (χ1) is 10.6. The largest absolute Gasteiger partial charge is 0.456 e. The minimum Gasteiger partial charge on any atom is -0.456 e. The Morgan fingerprint density at radius 2 is 2.23 bits per heavy atom. The van der Waals surface area contributed by atoms with E-state index in [9.17, 15) is 9.59 Å². The van der Waals surface area contributed by atoms with Gasteiger partial charge in [-0.05, 0) is 0 Å². The summed E-state index contributed by atoms with van der Waals surface area (Å²) in [6, 6.07) is 0. The quantitative estimate of drug-likeness (QED) is 0.610. The monoisotopic (exact) mass is 341 g/mol. The maximum atomic E-state index is 11.5. The molecule has 0 fully saturated rings. The van der Waals surface area contributed by atoms with E-state index in [1.807, 2.05) is 6.92 Å². The highest BCUT2D eigenvalue weighted by molar-refractivity contribution is 8.00. The SMILES string of the molecule is CCc1cnc(CSc2cnc(NC(=O)COC(C)=O)s2)o1. The number of oxazole rings is 1. The number of ether oxygens (including phenoxy) is 1. The number of anilines is 1. The molecule has 0 bridgehead atoms. The van der Waals surface area contributed by atoms with E-state index >= 15 is 0 Å². The first-order valence-electron chi connectivity index (χ1n) is 6.52. The van der Waals surface area contributed by atoms with Gasteiger partial charge in [0.05, 0.1) is 22.4 Å². The highest BCUT2D eigenvalue weighted by atomic mass is 32.2. The number of carbonyl (C=O) groups excluding carboxylic acids is 2. The van der Waals surface area contributed by atoms with Crippen LogP contribution in [0.15, 0.2) is 21.0 Å². The minimum absolute atomic E-state index is 0.312. The van der Waals surface area contributed by atoms with Gasteiger partial charge in [-0.2, -0.15) is 0 Å². The second-order valence-corrected chi connectivity index (χ2v) is 6.48. The Bertz CT molecular complexity index is 653. The smallest absolute Gasteiger partial charge is 0.303 e. The van der Waals surface area contributed by atoms with Crippen molar-refractivity contribution in [3.8, 4) is 0 Å². The molecule has 7 nitrogen and oxygen atoms in total. The molecule has 0 saturated carbocycles. The lowest BCUT2D eigenvalue weighted by atomic mass is 10.4. The Morgan fingerprint density at radius 1 is 1.41 bits per heavy atom. The molecule has 0 spiro atoms. The van der Waals surface area contributed by atoms with Gasteiger partial charge in [-0.15, -0.1) is 11.8 Å². The predicted octanol–water partition coefficient (Wildman–Crippen LogP) is 2.49. The van der Waals surface area contributed by atoms with E-state index in [2.05, 4.69) is 20.0 Å². The van der Waals surface area contributed by atoms with Crippen LogP contribution in [0.25, 0.3) is 0 Å². The van der Waals surface area contributed by atoms with Crippen molar-refractivity contribution in [2.75, 3.05) is 11.9 Å². The summed E-state index contributed by atoms with van der Waals surface area (Å²) in [7, 11) is 0. The number of thiazole rings is 1. The second kappa shape index (κ2) is 7.95. The number of nitrogens with one attached hydrogen (secondary N) is 1. The molecular formula is C13H15N3O4S2. The standard InChI is InChI=1S/C13H15N3O4S2/c1-3-9-4-14-11(20-9)7-21-12-5-15-13(22-12)16-10(18)6-19-8(2)17/h4-5H,3,6-7H2,1-2H3,(H,15,16,18). The van der Waals surface area contributed by atoms with Crippen molar-refractivity contribution in [1.29, 1.82) is 0 Å². The third kappa shape index (κ3) is 5.15. The van der Waals surface area contributed by atoms with Crippen molar-refractivity contribution in [2.45, 2.75) is 30.2 Å². The van der Waals surface area contributed by atoms with E-state index in [1.54, 1.807) is 12.4 Å². The van der Waals surface area contributed by atoms with E-state index in [4.69, 9.17) is 4.42 Å². The number of esters is 1. The molecule has 2 aromatic heterocycles. The number of hydrogen-bond donors (Lipinski definition) is 1. The van der Waals surface area contributed by atoms with Gasteiger partial charge in [0, 0.05) is 13.3 Å². The molecule has 0 aliphatic rings. The Labute approximate surface area is 135 Å². The molecule has 2 aromatic rings.